The molecule has 191 valence electrons. The Kier molecular flexibility index (Phi) is 13.9. The minimum Gasteiger partial charge on any atom is -0.358 e. The van der Waals surface area contributed by atoms with E-state index in [-0.39, 0.29) is 56.1 Å². The van der Waals surface area contributed by atoms with Crippen LogP contribution >= 0.6 is 0 Å². The Bertz CT molecular complexity index is 1580. The van der Waals surface area contributed by atoms with Crippen molar-refractivity contribution < 1.29 is 41.3 Å². The summed E-state index contributed by atoms with van der Waals surface area (Å²) in [6, 6.07) is 39.2. The fourth-order valence-electron chi connectivity index (χ4n) is 3.59. The number of hydrogen-bond acceptors (Lipinski definition) is 4. The average Bonchev–Trinajstić information content (AvgIpc) is 2.93. The van der Waals surface area contributed by atoms with Gasteiger partial charge in [0.25, 0.3) is 0 Å². The Morgan fingerprint density at radius 2 is 1.33 bits per heavy atom. The predicted molar refractivity (Wildman–Crippen MR) is 154 cm³/mol. The SMILES string of the molecule is Cc1cccc(-c2[c-]ccc(C#N)c2)n1.Cc1ccnc(-c2[c-]ccc(-c3ccc(C#N)cc3)c2)c1.[CH3-].[CH3-].[Pr]. The van der Waals surface area contributed by atoms with Crippen molar-refractivity contribution in [2.45, 2.75) is 13.8 Å². The fourth-order valence-corrected chi connectivity index (χ4v) is 3.59. The minimum atomic E-state index is 0. The normalized spacial score (nSPS) is 9.13. The summed E-state index contributed by atoms with van der Waals surface area (Å²) in [5.41, 5.74) is 9.22. The number of pyridine rings is 2. The largest absolute Gasteiger partial charge is 0.358 e. The molecule has 1 radical (unpaired) electrons. The van der Waals surface area contributed by atoms with Crippen LogP contribution in [0.15, 0.2) is 97.2 Å². The van der Waals surface area contributed by atoms with Crippen molar-refractivity contribution in [3.05, 3.63) is 147 Å². The van der Waals surface area contributed by atoms with Crippen LogP contribution in [0.4, 0.5) is 0 Å². The van der Waals surface area contributed by atoms with Crippen LogP contribution < -0.4 is 0 Å². The van der Waals surface area contributed by atoms with Crippen molar-refractivity contribution in [2.75, 3.05) is 0 Å². The summed E-state index contributed by atoms with van der Waals surface area (Å²) in [6.07, 6.45) is 1.81. The molecule has 0 N–H and O–H groups in total. The molecular weight excluding hydrogens is 605 g/mol. The maximum Gasteiger partial charge on any atom is 0.0991 e. The molecule has 3 aromatic carbocycles. The molecule has 0 saturated heterocycles. The smallest absolute Gasteiger partial charge is 0.0991 e. The van der Waals surface area contributed by atoms with Gasteiger partial charge in [-0.25, -0.2) is 0 Å². The molecule has 0 atom stereocenters. The third-order valence-electron chi connectivity index (χ3n) is 5.44. The van der Waals surface area contributed by atoms with E-state index in [2.05, 4.69) is 47.2 Å². The Balaban J connectivity index is 0.000000379. The van der Waals surface area contributed by atoms with E-state index in [1.165, 1.54) is 5.56 Å². The zero-order valence-electron chi connectivity index (χ0n) is 22.6. The predicted octanol–water partition coefficient (Wildman–Crippen LogP) is 8.03. The summed E-state index contributed by atoms with van der Waals surface area (Å²) >= 11 is 0. The van der Waals surface area contributed by atoms with Crippen molar-refractivity contribution in [1.82, 2.24) is 9.97 Å². The van der Waals surface area contributed by atoms with Crippen LogP contribution in [0.25, 0.3) is 33.6 Å². The zero-order chi connectivity index (χ0) is 25.3. The molecule has 5 rings (SSSR count). The first-order valence-electron chi connectivity index (χ1n) is 11.4. The van der Waals surface area contributed by atoms with Gasteiger partial charge in [-0.05, 0) is 60.6 Å². The monoisotopic (exact) mass is 633 g/mol. The first kappa shape index (κ1) is 33.3. The molecular formula is C34H28N4Pr-4. The molecule has 0 amide bonds. The van der Waals surface area contributed by atoms with Gasteiger partial charge in [-0.2, -0.15) is 10.5 Å². The molecule has 0 fully saturated rings. The molecule has 0 aliphatic carbocycles. The van der Waals surface area contributed by atoms with Gasteiger partial charge in [-0.3, -0.25) is 0 Å². The van der Waals surface area contributed by atoms with Crippen LogP contribution in [0.5, 0.6) is 0 Å². The summed E-state index contributed by atoms with van der Waals surface area (Å²) in [5, 5.41) is 17.6. The Labute approximate surface area is 266 Å². The minimum absolute atomic E-state index is 0. The van der Waals surface area contributed by atoms with Gasteiger partial charge in [0.1, 0.15) is 0 Å². The molecule has 39 heavy (non-hydrogen) atoms. The van der Waals surface area contributed by atoms with E-state index in [4.69, 9.17) is 10.5 Å². The van der Waals surface area contributed by atoms with Crippen molar-refractivity contribution in [1.29, 1.82) is 10.5 Å². The van der Waals surface area contributed by atoms with Crippen LogP contribution in [0.3, 0.4) is 0 Å². The number of aryl methyl sites for hydroxylation is 2. The Morgan fingerprint density at radius 1 is 0.667 bits per heavy atom. The number of nitrogens with zero attached hydrogens (tertiary/aromatic N) is 4. The quantitative estimate of drug-likeness (QED) is 0.189. The number of aromatic nitrogens is 2. The first-order chi connectivity index (χ1) is 17.6. The topological polar surface area (TPSA) is 73.4 Å². The van der Waals surface area contributed by atoms with E-state index < -0.39 is 0 Å². The molecule has 4 nitrogen and oxygen atoms in total. The Morgan fingerprint density at radius 3 is 1.97 bits per heavy atom. The third kappa shape index (κ3) is 9.22. The number of benzene rings is 3. The molecule has 0 bridgehead atoms. The van der Waals surface area contributed by atoms with E-state index in [0.29, 0.717) is 11.1 Å². The second-order valence-corrected chi connectivity index (χ2v) is 8.17. The van der Waals surface area contributed by atoms with E-state index in [1.807, 2.05) is 79.9 Å². The fraction of sp³-hybridized carbons (Fsp3) is 0.0588. The van der Waals surface area contributed by atoms with Gasteiger partial charge in [-0.1, -0.05) is 35.9 Å². The number of rotatable bonds is 3. The summed E-state index contributed by atoms with van der Waals surface area (Å²) in [6.45, 7) is 3.99. The van der Waals surface area contributed by atoms with Crippen molar-refractivity contribution in [3.63, 3.8) is 0 Å². The van der Waals surface area contributed by atoms with Crippen LogP contribution in [-0.4, -0.2) is 9.97 Å². The zero-order valence-corrected chi connectivity index (χ0v) is 26.3. The summed E-state index contributed by atoms with van der Waals surface area (Å²) in [5.74, 6) is 0. The van der Waals surface area contributed by atoms with Gasteiger partial charge in [-0.15, -0.1) is 65.2 Å². The van der Waals surface area contributed by atoms with Crippen LogP contribution in [0, 0.1) is 105 Å². The molecule has 2 aromatic heterocycles. The van der Waals surface area contributed by atoms with Gasteiger partial charge >= 0.3 is 0 Å². The van der Waals surface area contributed by atoms with E-state index in [9.17, 15) is 0 Å². The first-order valence-corrected chi connectivity index (χ1v) is 11.4. The Hall–Kier alpha value is -3.70. The summed E-state index contributed by atoms with van der Waals surface area (Å²) in [4.78, 5) is 8.78. The summed E-state index contributed by atoms with van der Waals surface area (Å²) in [7, 11) is 0. The van der Waals surface area contributed by atoms with Gasteiger partial charge < -0.3 is 24.8 Å². The molecule has 0 spiro atoms. The van der Waals surface area contributed by atoms with Gasteiger partial charge in [0.15, 0.2) is 0 Å². The second-order valence-electron chi connectivity index (χ2n) is 8.17. The molecule has 5 aromatic rings. The van der Waals surface area contributed by atoms with E-state index >= 15 is 0 Å². The van der Waals surface area contributed by atoms with E-state index in [0.717, 1.165) is 39.3 Å². The molecule has 5 heteroatoms. The standard InChI is InChI=1S/C19H13N2.C13H9N2.2CH3.Pr/c1-14-9-10-21-19(11-14)18-4-2-3-17(12-18)16-7-5-15(13-20)6-8-16;1-10-4-2-7-13(15-10)12-6-3-5-11(8-12)9-14;;;/h2-3,5-12H,1H3;2-5,7-8H,1H3;2*1H3;/q4*-1;. The van der Waals surface area contributed by atoms with E-state index in [1.54, 1.807) is 18.2 Å². The average molecular weight is 634 g/mol. The van der Waals surface area contributed by atoms with Crippen molar-refractivity contribution in [3.8, 4) is 45.8 Å². The van der Waals surface area contributed by atoms with Crippen molar-refractivity contribution >= 4 is 0 Å². The maximum absolute atomic E-state index is 8.85. The van der Waals surface area contributed by atoms with Crippen LogP contribution in [-0.2, 0) is 0 Å². The van der Waals surface area contributed by atoms with Crippen molar-refractivity contribution in [2.24, 2.45) is 0 Å². The van der Waals surface area contributed by atoms with Gasteiger partial charge in [0.05, 0.1) is 17.7 Å². The number of nitriles is 2. The molecule has 0 saturated carbocycles. The van der Waals surface area contributed by atoms with Crippen LogP contribution in [0.1, 0.15) is 22.4 Å². The molecule has 0 unspecified atom stereocenters. The van der Waals surface area contributed by atoms with Crippen LogP contribution in [0.2, 0.25) is 0 Å². The molecule has 2 heterocycles. The maximum atomic E-state index is 8.85. The van der Waals surface area contributed by atoms with Gasteiger partial charge in [0, 0.05) is 53.2 Å². The summed E-state index contributed by atoms with van der Waals surface area (Å²) < 4.78 is 0. The van der Waals surface area contributed by atoms with Gasteiger partial charge in [0.2, 0.25) is 0 Å². The third-order valence-corrected chi connectivity index (χ3v) is 5.44. The second kappa shape index (κ2) is 16.3. The molecule has 0 aliphatic heterocycles. The number of hydrogen-bond donors (Lipinski definition) is 0. The molecule has 0 aliphatic rings.